The molecule has 2 aliphatic rings. The summed E-state index contributed by atoms with van der Waals surface area (Å²) in [4.78, 5) is 14.5. The predicted molar refractivity (Wildman–Crippen MR) is 107 cm³/mol. The molecular weight excluding hydrogens is 393 g/mol. The molecular formula is C22H27F3N4O. The van der Waals surface area contributed by atoms with Gasteiger partial charge in [-0.2, -0.15) is 9.78 Å². The van der Waals surface area contributed by atoms with E-state index in [1.807, 2.05) is 0 Å². The Morgan fingerprint density at radius 3 is 2.60 bits per heavy atom. The van der Waals surface area contributed by atoms with Crippen LogP contribution >= 0.6 is 0 Å². The Morgan fingerprint density at radius 1 is 1.23 bits per heavy atom. The SMILES string of the molecule is CC(C)(C)c1cc2c(c([C@@H]3CCCN3)c1)CN(C(=O)c1cnn(C(F)(F)F)c1)CC2. The van der Waals surface area contributed by atoms with Crippen molar-refractivity contribution in [3.05, 3.63) is 52.3 Å². The van der Waals surface area contributed by atoms with Crippen LogP contribution in [0.15, 0.2) is 24.5 Å². The van der Waals surface area contributed by atoms with E-state index in [4.69, 9.17) is 0 Å². The molecule has 0 unspecified atom stereocenters. The quantitative estimate of drug-likeness (QED) is 0.789. The Balaban J connectivity index is 1.65. The number of carbonyl (C=O) groups excluding carboxylic acids is 1. The van der Waals surface area contributed by atoms with Gasteiger partial charge in [0.05, 0.1) is 11.8 Å². The number of halogens is 3. The van der Waals surface area contributed by atoms with Crippen LogP contribution in [0.25, 0.3) is 0 Å². The predicted octanol–water partition coefficient (Wildman–Crippen LogP) is 4.28. The molecule has 1 aromatic carbocycles. The number of aromatic nitrogens is 2. The molecule has 162 valence electrons. The summed E-state index contributed by atoms with van der Waals surface area (Å²) in [5.41, 5.74) is 4.84. The first kappa shape index (κ1) is 20.9. The maximum atomic E-state index is 12.9. The number of alkyl halides is 3. The maximum Gasteiger partial charge on any atom is 0.504 e. The molecule has 0 spiro atoms. The average Bonchev–Trinajstić information content (AvgIpc) is 3.37. The van der Waals surface area contributed by atoms with Gasteiger partial charge in [0.2, 0.25) is 0 Å². The van der Waals surface area contributed by atoms with E-state index >= 15 is 0 Å². The van der Waals surface area contributed by atoms with Crippen LogP contribution < -0.4 is 5.32 Å². The van der Waals surface area contributed by atoms with E-state index in [0.29, 0.717) is 19.5 Å². The van der Waals surface area contributed by atoms with Gasteiger partial charge in [0.1, 0.15) is 0 Å². The maximum absolute atomic E-state index is 12.9. The largest absolute Gasteiger partial charge is 0.504 e. The van der Waals surface area contributed by atoms with E-state index in [2.05, 4.69) is 43.3 Å². The first-order chi connectivity index (χ1) is 14.0. The zero-order valence-corrected chi connectivity index (χ0v) is 17.5. The van der Waals surface area contributed by atoms with Crippen molar-refractivity contribution in [2.75, 3.05) is 13.1 Å². The lowest BCUT2D eigenvalue weighted by Gasteiger charge is -2.33. The molecule has 0 saturated carbocycles. The topological polar surface area (TPSA) is 50.2 Å². The molecule has 5 nitrogen and oxygen atoms in total. The van der Waals surface area contributed by atoms with Crippen LogP contribution in [0.1, 0.15) is 72.3 Å². The van der Waals surface area contributed by atoms with Crippen LogP contribution in [0.3, 0.4) is 0 Å². The second kappa shape index (κ2) is 7.41. The second-order valence-corrected chi connectivity index (χ2v) is 9.22. The number of amides is 1. The zero-order chi connectivity index (χ0) is 21.7. The van der Waals surface area contributed by atoms with Gasteiger partial charge in [0.25, 0.3) is 5.91 Å². The molecule has 0 bridgehead atoms. The van der Waals surface area contributed by atoms with Gasteiger partial charge in [-0.15, -0.1) is 13.2 Å². The lowest BCUT2D eigenvalue weighted by atomic mass is 9.80. The lowest BCUT2D eigenvalue weighted by molar-refractivity contribution is -0.212. The van der Waals surface area contributed by atoms with Gasteiger partial charge >= 0.3 is 6.30 Å². The summed E-state index contributed by atoms with van der Waals surface area (Å²) in [6.07, 6.45) is -0.0198. The molecule has 2 aromatic rings. The molecule has 2 aliphatic heterocycles. The highest BCUT2D eigenvalue weighted by molar-refractivity contribution is 5.93. The van der Waals surface area contributed by atoms with Crippen molar-refractivity contribution in [2.24, 2.45) is 0 Å². The summed E-state index contributed by atoms with van der Waals surface area (Å²) in [6, 6.07) is 4.73. The molecule has 3 heterocycles. The molecule has 4 rings (SSSR count). The summed E-state index contributed by atoms with van der Waals surface area (Å²) in [7, 11) is 0. The van der Waals surface area contributed by atoms with Gasteiger partial charge < -0.3 is 10.2 Å². The van der Waals surface area contributed by atoms with E-state index in [-0.39, 0.29) is 21.7 Å². The van der Waals surface area contributed by atoms with Crippen molar-refractivity contribution in [3.8, 4) is 0 Å². The highest BCUT2D eigenvalue weighted by atomic mass is 19.4. The number of hydrogen-bond donors (Lipinski definition) is 1. The van der Waals surface area contributed by atoms with Gasteiger partial charge in [-0.05, 0) is 53.5 Å². The van der Waals surface area contributed by atoms with E-state index in [1.54, 1.807) is 4.90 Å². The number of fused-ring (bicyclic) bond motifs is 1. The Morgan fingerprint density at radius 2 is 2.00 bits per heavy atom. The van der Waals surface area contributed by atoms with Crippen molar-refractivity contribution in [2.45, 2.75) is 64.3 Å². The second-order valence-electron chi connectivity index (χ2n) is 9.22. The van der Waals surface area contributed by atoms with Gasteiger partial charge in [0, 0.05) is 25.3 Å². The standard InChI is InChI=1S/C22H27F3N4O/c1-21(2,3)16-9-14-6-8-28(13-18(14)17(10-16)19-5-4-7-26-19)20(30)15-11-27-29(12-15)22(23,24)25/h9-12,19,26H,4-8,13H2,1-3H3/t19-/m0/s1. The van der Waals surface area contributed by atoms with Crippen molar-refractivity contribution < 1.29 is 18.0 Å². The molecule has 1 saturated heterocycles. The fraction of sp³-hybridized carbons (Fsp3) is 0.545. The first-order valence-corrected chi connectivity index (χ1v) is 10.3. The lowest BCUT2D eigenvalue weighted by Crippen LogP contribution is -2.37. The average molecular weight is 420 g/mol. The fourth-order valence-electron chi connectivity index (χ4n) is 4.32. The van der Waals surface area contributed by atoms with E-state index < -0.39 is 12.2 Å². The molecule has 0 radical (unpaired) electrons. The minimum atomic E-state index is -4.63. The van der Waals surface area contributed by atoms with Crippen molar-refractivity contribution in [3.63, 3.8) is 0 Å². The van der Waals surface area contributed by atoms with Crippen LogP contribution in [-0.4, -0.2) is 33.7 Å². The highest BCUT2D eigenvalue weighted by Gasteiger charge is 2.34. The molecule has 1 atom stereocenters. The molecule has 1 fully saturated rings. The van der Waals surface area contributed by atoms with Gasteiger partial charge in [-0.3, -0.25) is 4.79 Å². The molecule has 8 heteroatoms. The van der Waals surface area contributed by atoms with Gasteiger partial charge in [0.15, 0.2) is 0 Å². The Labute approximate surface area is 174 Å². The van der Waals surface area contributed by atoms with E-state index in [9.17, 15) is 18.0 Å². The van der Waals surface area contributed by atoms with E-state index in [0.717, 1.165) is 37.3 Å². The summed E-state index contributed by atoms with van der Waals surface area (Å²) >= 11 is 0. The number of hydrogen-bond acceptors (Lipinski definition) is 3. The number of benzene rings is 1. The summed E-state index contributed by atoms with van der Waals surface area (Å²) in [5, 5.41) is 6.86. The number of nitrogens with one attached hydrogen (secondary N) is 1. The number of carbonyl (C=O) groups is 1. The molecule has 1 N–H and O–H groups in total. The monoisotopic (exact) mass is 420 g/mol. The minimum absolute atomic E-state index is 0.0154. The summed E-state index contributed by atoms with van der Waals surface area (Å²) < 4.78 is 38.4. The summed E-state index contributed by atoms with van der Waals surface area (Å²) in [5.74, 6) is -0.415. The third-order valence-corrected chi connectivity index (χ3v) is 6.06. The van der Waals surface area contributed by atoms with E-state index in [1.165, 1.54) is 16.7 Å². The van der Waals surface area contributed by atoms with Crippen LogP contribution in [0.4, 0.5) is 13.2 Å². The third-order valence-electron chi connectivity index (χ3n) is 6.06. The smallest absolute Gasteiger partial charge is 0.334 e. The molecule has 30 heavy (non-hydrogen) atoms. The van der Waals surface area contributed by atoms with Crippen molar-refractivity contribution in [1.29, 1.82) is 0 Å². The normalized spacial score (nSPS) is 19.8. The fourth-order valence-corrected chi connectivity index (χ4v) is 4.32. The molecule has 1 aromatic heterocycles. The van der Waals surface area contributed by atoms with Crippen molar-refractivity contribution in [1.82, 2.24) is 20.0 Å². The summed E-state index contributed by atoms with van der Waals surface area (Å²) in [6.45, 7) is 8.43. The van der Waals surface area contributed by atoms with Crippen LogP contribution in [0.5, 0.6) is 0 Å². The number of nitrogens with zero attached hydrogens (tertiary/aromatic N) is 3. The van der Waals surface area contributed by atoms with Crippen molar-refractivity contribution >= 4 is 5.91 Å². The Kier molecular flexibility index (Phi) is 5.16. The molecule has 0 aliphatic carbocycles. The number of rotatable bonds is 2. The van der Waals surface area contributed by atoms with Crippen LogP contribution in [-0.2, 0) is 24.7 Å². The van der Waals surface area contributed by atoms with Gasteiger partial charge in [-0.1, -0.05) is 32.9 Å². The van der Waals surface area contributed by atoms with Gasteiger partial charge in [-0.25, -0.2) is 0 Å². The van der Waals surface area contributed by atoms with Crippen LogP contribution in [0, 0.1) is 0 Å². The first-order valence-electron chi connectivity index (χ1n) is 10.3. The Hall–Kier alpha value is -2.35. The Bertz CT molecular complexity index is 952. The minimum Gasteiger partial charge on any atom is -0.334 e. The zero-order valence-electron chi connectivity index (χ0n) is 17.5. The highest BCUT2D eigenvalue weighted by Crippen LogP contribution is 2.36. The van der Waals surface area contributed by atoms with Crippen LogP contribution in [0.2, 0.25) is 0 Å². The third kappa shape index (κ3) is 3.97. The molecule has 1 amide bonds.